The van der Waals surface area contributed by atoms with Crippen LogP contribution in [0.2, 0.25) is 5.02 Å². The quantitative estimate of drug-likeness (QED) is 0.672. The van der Waals surface area contributed by atoms with Crippen molar-refractivity contribution in [2.24, 2.45) is 7.05 Å². The summed E-state index contributed by atoms with van der Waals surface area (Å²) < 4.78 is 3.65. The molecule has 130 valence electrons. The summed E-state index contributed by atoms with van der Waals surface area (Å²) in [4.78, 5) is 0. The number of rotatable bonds is 5. The summed E-state index contributed by atoms with van der Waals surface area (Å²) in [5, 5.41) is 16.3. The highest BCUT2D eigenvalue weighted by Crippen LogP contribution is 2.16. The molecule has 0 unspecified atom stereocenters. The van der Waals surface area contributed by atoms with Gasteiger partial charge in [-0.1, -0.05) is 29.8 Å². The van der Waals surface area contributed by atoms with E-state index in [1.54, 1.807) is 0 Å². The van der Waals surface area contributed by atoms with Crippen LogP contribution in [0.15, 0.2) is 42.6 Å². The fourth-order valence-corrected chi connectivity index (χ4v) is 2.85. The minimum atomic E-state index is 0.516. The van der Waals surface area contributed by atoms with E-state index in [0.29, 0.717) is 24.0 Å². The standard InChI is InChI=1S/C17H19ClN6S/c1-12-9-14(23(2)21-12)10-19-17(25)20-16-7-8-24(22-16)11-13-5-3-4-6-15(13)18/h3-9H,10-11H2,1-2H3,(H2,19,20,22,25). The van der Waals surface area contributed by atoms with Gasteiger partial charge in [0, 0.05) is 24.3 Å². The zero-order valence-corrected chi connectivity index (χ0v) is 15.6. The topological polar surface area (TPSA) is 59.7 Å². The zero-order valence-electron chi connectivity index (χ0n) is 14.0. The van der Waals surface area contributed by atoms with Gasteiger partial charge in [0.25, 0.3) is 0 Å². The molecule has 0 aliphatic rings. The van der Waals surface area contributed by atoms with Gasteiger partial charge >= 0.3 is 0 Å². The van der Waals surface area contributed by atoms with Crippen molar-refractivity contribution in [2.75, 3.05) is 5.32 Å². The molecule has 0 fully saturated rings. The second kappa shape index (κ2) is 7.67. The summed E-state index contributed by atoms with van der Waals surface area (Å²) >= 11 is 11.5. The van der Waals surface area contributed by atoms with Crippen LogP contribution in [0.4, 0.5) is 5.82 Å². The van der Waals surface area contributed by atoms with Crippen molar-refractivity contribution >= 4 is 34.7 Å². The van der Waals surface area contributed by atoms with Gasteiger partial charge in [-0.15, -0.1) is 0 Å². The fraction of sp³-hybridized carbons (Fsp3) is 0.235. The number of aromatic nitrogens is 4. The van der Waals surface area contributed by atoms with Gasteiger partial charge in [-0.3, -0.25) is 9.36 Å². The fourth-order valence-electron chi connectivity index (χ4n) is 2.48. The monoisotopic (exact) mass is 374 g/mol. The lowest BCUT2D eigenvalue weighted by Gasteiger charge is -2.09. The molecular weight excluding hydrogens is 356 g/mol. The molecule has 2 aromatic heterocycles. The third kappa shape index (κ3) is 4.58. The molecule has 3 rings (SSSR count). The summed E-state index contributed by atoms with van der Waals surface area (Å²) in [6.45, 7) is 3.17. The third-order valence-corrected chi connectivity index (χ3v) is 4.32. The maximum atomic E-state index is 6.18. The highest BCUT2D eigenvalue weighted by atomic mass is 35.5. The van der Waals surface area contributed by atoms with E-state index >= 15 is 0 Å². The predicted molar refractivity (Wildman–Crippen MR) is 104 cm³/mol. The number of halogens is 1. The van der Waals surface area contributed by atoms with Gasteiger partial charge in [0.2, 0.25) is 0 Å². The number of thiocarbonyl (C=S) groups is 1. The highest BCUT2D eigenvalue weighted by Gasteiger charge is 2.06. The molecule has 0 radical (unpaired) electrons. The van der Waals surface area contributed by atoms with Crippen LogP contribution in [-0.4, -0.2) is 24.7 Å². The van der Waals surface area contributed by atoms with Crippen LogP contribution in [0.25, 0.3) is 0 Å². The number of hydrogen-bond acceptors (Lipinski definition) is 3. The predicted octanol–water partition coefficient (Wildman–Crippen LogP) is 3.11. The zero-order chi connectivity index (χ0) is 17.8. The van der Waals surface area contributed by atoms with Gasteiger partial charge in [0.05, 0.1) is 24.5 Å². The van der Waals surface area contributed by atoms with Crippen molar-refractivity contribution in [2.45, 2.75) is 20.0 Å². The van der Waals surface area contributed by atoms with Crippen molar-refractivity contribution in [1.29, 1.82) is 0 Å². The second-order valence-corrected chi connectivity index (χ2v) is 6.51. The van der Waals surface area contributed by atoms with Gasteiger partial charge < -0.3 is 10.6 Å². The molecule has 0 aliphatic heterocycles. The van der Waals surface area contributed by atoms with Crippen molar-refractivity contribution < 1.29 is 0 Å². The number of aryl methyl sites for hydroxylation is 2. The number of anilines is 1. The van der Waals surface area contributed by atoms with E-state index < -0.39 is 0 Å². The highest BCUT2D eigenvalue weighted by molar-refractivity contribution is 7.80. The molecular formula is C17H19ClN6S. The van der Waals surface area contributed by atoms with Crippen LogP contribution in [0.1, 0.15) is 17.0 Å². The minimum Gasteiger partial charge on any atom is -0.357 e. The Kier molecular flexibility index (Phi) is 5.35. The number of nitrogens with one attached hydrogen (secondary N) is 2. The molecule has 1 aromatic carbocycles. The molecule has 3 aromatic rings. The van der Waals surface area contributed by atoms with Crippen LogP contribution >= 0.6 is 23.8 Å². The maximum Gasteiger partial charge on any atom is 0.172 e. The molecule has 2 heterocycles. The summed E-state index contributed by atoms with van der Waals surface area (Å²) in [7, 11) is 1.91. The summed E-state index contributed by atoms with van der Waals surface area (Å²) in [5.74, 6) is 0.686. The van der Waals surface area contributed by atoms with E-state index in [9.17, 15) is 0 Å². The van der Waals surface area contributed by atoms with E-state index in [4.69, 9.17) is 23.8 Å². The van der Waals surface area contributed by atoms with Crippen molar-refractivity contribution in [3.8, 4) is 0 Å². The van der Waals surface area contributed by atoms with Crippen LogP contribution in [0.3, 0.4) is 0 Å². The summed E-state index contributed by atoms with van der Waals surface area (Å²) in [6.07, 6.45) is 1.89. The average Bonchev–Trinajstić information content (AvgIpc) is 3.13. The Morgan fingerprint density at radius 1 is 1.24 bits per heavy atom. The molecule has 0 aliphatic carbocycles. The lowest BCUT2D eigenvalue weighted by Crippen LogP contribution is -2.29. The van der Waals surface area contributed by atoms with Gasteiger partial charge in [0.15, 0.2) is 10.9 Å². The van der Waals surface area contributed by atoms with Gasteiger partial charge in [0.1, 0.15) is 0 Å². The third-order valence-electron chi connectivity index (χ3n) is 3.70. The van der Waals surface area contributed by atoms with E-state index in [-0.39, 0.29) is 0 Å². The van der Waals surface area contributed by atoms with E-state index in [0.717, 1.165) is 22.0 Å². The molecule has 8 heteroatoms. The van der Waals surface area contributed by atoms with Gasteiger partial charge in [-0.25, -0.2) is 0 Å². The molecule has 0 amide bonds. The Bertz CT molecular complexity index is 885. The number of hydrogen-bond donors (Lipinski definition) is 2. The van der Waals surface area contributed by atoms with Gasteiger partial charge in [-0.2, -0.15) is 10.2 Å². The Balaban J connectivity index is 1.55. The largest absolute Gasteiger partial charge is 0.357 e. The first-order valence-corrected chi connectivity index (χ1v) is 8.61. The Morgan fingerprint density at radius 3 is 2.76 bits per heavy atom. The second-order valence-electron chi connectivity index (χ2n) is 5.70. The maximum absolute atomic E-state index is 6.18. The molecule has 6 nitrogen and oxygen atoms in total. The normalized spacial score (nSPS) is 10.7. The first-order valence-electron chi connectivity index (χ1n) is 7.82. The Morgan fingerprint density at radius 2 is 2.04 bits per heavy atom. The average molecular weight is 375 g/mol. The van der Waals surface area contributed by atoms with Crippen LogP contribution in [-0.2, 0) is 20.1 Å². The molecule has 0 spiro atoms. The molecule has 25 heavy (non-hydrogen) atoms. The Hall–Kier alpha value is -2.38. The lowest BCUT2D eigenvalue weighted by atomic mass is 10.2. The van der Waals surface area contributed by atoms with E-state index in [1.165, 1.54) is 0 Å². The van der Waals surface area contributed by atoms with Gasteiger partial charge in [-0.05, 0) is 36.8 Å². The molecule has 0 bridgehead atoms. The van der Waals surface area contributed by atoms with Crippen LogP contribution < -0.4 is 10.6 Å². The number of nitrogens with zero attached hydrogens (tertiary/aromatic N) is 4. The molecule has 0 saturated heterocycles. The van der Waals surface area contributed by atoms with Crippen molar-refractivity contribution in [3.63, 3.8) is 0 Å². The molecule has 0 saturated carbocycles. The summed E-state index contributed by atoms with van der Waals surface area (Å²) in [6, 6.07) is 11.6. The van der Waals surface area contributed by atoms with E-state index in [2.05, 4.69) is 20.8 Å². The molecule has 0 atom stereocenters. The minimum absolute atomic E-state index is 0.516. The first kappa shape index (κ1) is 17.4. The summed E-state index contributed by atoms with van der Waals surface area (Å²) in [5.41, 5.74) is 3.06. The molecule has 2 N–H and O–H groups in total. The SMILES string of the molecule is Cc1cc(CNC(=S)Nc2ccn(Cc3ccccc3Cl)n2)n(C)n1. The number of benzene rings is 1. The lowest BCUT2D eigenvalue weighted by molar-refractivity contribution is 0.686. The smallest absolute Gasteiger partial charge is 0.172 e. The van der Waals surface area contributed by atoms with Crippen LogP contribution in [0, 0.1) is 6.92 Å². The van der Waals surface area contributed by atoms with E-state index in [1.807, 2.05) is 65.9 Å². The first-order chi connectivity index (χ1) is 12.0. The van der Waals surface area contributed by atoms with Crippen molar-refractivity contribution in [1.82, 2.24) is 24.9 Å². The van der Waals surface area contributed by atoms with Crippen LogP contribution in [0.5, 0.6) is 0 Å². The van der Waals surface area contributed by atoms with Crippen molar-refractivity contribution in [3.05, 3.63) is 64.6 Å². The Labute approximate surface area is 156 Å².